The van der Waals surface area contributed by atoms with Gasteiger partial charge in [-0.05, 0) is 24.6 Å². The third kappa shape index (κ3) is 4.61. The van der Waals surface area contributed by atoms with Crippen LogP contribution in [0.4, 0.5) is 0 Å². The number of carbonyl (C=O) groups excluding carboxylic acids is 1. The molecule has 6 heteroatoms. The first-order valence-corrected chi connectivity index (χ1v) is 8.69. The minimum atomic E-state index is -0.263. The maximum atomic E-state index is 12.4. The molecule has 1 fully saturated rings. The molecular formula is C20H24N4O2. The fourth-order valence-electron chi connectivity index (χ4n) is 3.06. The van der Waals surface area contributed by atoms with Crippen molar-refractivity contribution in [2.24, 2.45) is 5.73 Å². The topological polar surface area (TPSA) is 100 Å². The zero-order valence-electron chi connectivity index (χ0n) is 14.8. The predicted molar refractivity (Wildman–Crippen MR) is 101 cm³/mol. The summed E-state index contributed by atoms with van der Waals surface area (Å²) in [7, 11) is 0. The molecule has 0 radical (unpaired) electrons. The highest BCUT2D eigenvalue weighted by Crippen LogP contribution is 2.19. The van der Waals surface area contributed by atoms with E-state index in [1.54, 1.807) is 18.2 Å². The molecular weight excluding hydrogens is 328 g/mol. The Morgan fingerprint density at radius 3 is 2.88 bits per heavy atom. The molecule has 0 bridgehead atoms. The number of hydrogen-bond acceptors (Lipinski definition) is 4. The summed E-state index contributed by atoms with van der Waals surface area (Å²) in [6, 6.07) is 15.0. The second kappa shape index (κ2) is 8.01. The summed E-state index contributed by atoms with van der Waals surface area (Å²) in [5.74, 6) is 0.647. The number of hydrogen-bond donors (Lipinski definition) is 4. The molecule has 5 N–H and O–H groups in total. The first-order valence-electron chi connectivity index (χ1n) is 8.69. The number of nitrogen functional groups attached to an aromatic ring is 1. The lowest BCUT2D eigenvalue weighted by Gasteiger charge is -2.14. The van der Waals surface area contributed by atoms with Crippen LogP contribution in [0.15, 0.2) is 48.5 Å². The van der Waals surface area contributed by atoms with Crippen LogP contribution in [0.5, 0.6) is 5.75 Å². The van der Waals surface area contributed by atoms with E-state index in [-0.39, 0.29) is 23.9 Å². The number of benzene rings is 2. The van der Waals surface area contributed by atoms with Crippen molar-refractivity contribution >= 4 is 11.7 Å². The Kier molecular flexibility index (Phi) is 5.53. The number of aryl methyl sites for hydroxylation is 1. The maximum Gasteiger partial charge on any atom is 0.237 e. The third-order valence-electron chi connectivity index (χ3n) is 4.40. The molecule has 1 aliphatic heterocycles. The molecule has 1 heterocycles. The summed E-state index contributed by atoms with van der Waals surface area (Å²) in [6.45, 7) is 3.16. The average Bonchev–Trinajstić information content (AvgIpc) is 3.08. The second-order valence-electron chi connectivity index (χ2n) is 6.58. The van der Waals surface area contributed by atoms with Crippen molar-refractivity contribution in [2.45, 2.75) is 32.0 Å². The van der Waals surface area contributed by atoms with Gasteiger partial charge in [0.05, 0.1) is 6.04 Å². The molecule has 0 aromatic heterocycles. The predicted octanol–water partition coefficient (Wildman–Crippen LogP) is 1.70. The standard InChI is InChI=1S/C20H24N4O2/c1-13-4-2-5-14(8-13)11-24-20(25)18-10-17(12-23-18)26-16-7-3-6-15(9-16)19(21)22/h2-9,17-18,23H,10-12H2,1H3,(H3,21,22)(H,24,25)/t17-,18+/m1/s1. The van der Waals surface area contributed by atoms with Gasteiger partial charge in [0.15, 0.2) is 0 Å². The van der Waals surface area contributed by atoms with Gasteiger partial charge in [0.25, 0.3) is 0 Å². The van der Waals surface area contributed by atoms with Crippen molar-refractivity contribution in [2.75, 3.05) is 6.54 Å². The summed E-state index contributed by atoms with van der Waals surface area (Å²) in [5.41, 5.74) is 8.40. The Hall–Kier alpha value is -2.86. The lowest BCUT2D eigenvalue weighted by Crippen LogP contribution is -2.40. The van der Waals surface area contributed by atoms with E-state index in [0.29, 0.717) is 30.8 Å². The molecule has 0 saturated carbocycles. The van der Waals surface area contributed by atoms with Gasteiger partial charge < -0.3 is 21.1 Å². The van der Waals surface area contributed by atoms with E-state index in [2.05, 4.69) is 16.7 Å². The molecule has 0 aliphatic carbocycles. The van der Waals surface area contributed by atoms with Crippen molar-refractivity contribution in [3.8, 4) is 5.75 Å². The molecule has 26 heavy (non-hydrogen) atoms. The lowest BCUT2D eigenvalue weighted by molar-refractivity contribution is -0.123. The van der Waals surface area contributed by atoms with Crippen molar-refractivity contribution < 1.29 is 9.53 Å². The number of nitrogens with one attached hydrogen (secondary N) is 3. The summed E-state index contributed by atoms with van der Waals surface area (Å²) in [5, 5.41) is 13.7. The Morgan fingerprint density at radius 1 is 1.31 bits per heavy atom. The zero-order valence-corrected chi connectivity index (χ0v) is 14.8. The molecule has 0 spiro atoms. The van der Waals surface area contributed by atoms with Crippen LogP contribution in [0, 0.1) is 12.3 Å². The molecule has 1 amide bonds. The van der Waals surface area contributed by atoms with Gasteiger partial charge >= 0.3 is 0 Å². The van der Waals surface area contributed by atoms with E-state index in [4.69, 9.17) is 15.9 Å². The van der Waals surface area contributed by atoms with Crippen LogP contribution in [-0.4, -0.2) is 30.4 Å². The molecule has 136 valence electrons. The molecule has 1 saturated heterocycles. The third-order valence-corrected chi connectivity index (χ3v) is 4.40. The first-order chi connectivity index (χ1) is 12.5. The van der Waals surface area contributed by atoms with Crippen LogP contribution < -0.4 is 21.1 Å². The Bertz CT molecular complexity index is 806. The van der Waals surface area contributed by atoms with Gasteiger partial charge in [-0.1, -0.05) is 42.0 Å². The molecule has 0 unspecified atom stereocenters. The first kappa shape index (κ1) is 17.9. The molecule has 2 aromatic carbocycles. The highest BCUT2D eigenvalue weighted by Gasteiger charge is 2.30. The van der Waals surface area contributed by atoms with Gasteiger partial charge in [-0.25, -0.2) is 0 Å². The van der Waals surface area contributed by atoms with E-state index in [1.165, 1.54) is 5.56 Å². The van der Waals surface area contributed by atoms with Crippen molar-refractivity contribution in [1.29, 1.82) is 5.41 Å². The number of amides is 1. The summed E-state index contributed by atoms with van der Waals surface area (Å²) >= 11 is 0. The van der Waals surface area contributed by atoms with Crippen LogP contribution in [0.3, 0.4) is 0 Å². The fraction of sp³-hybridized carbons (Fsp3) is 0.300. The summed E-state index contributed by atoms with van der Waals surface area (Å²) in [6.07, 6.45) is 0.510. The van der Waals surface area contributed by atoms with Crippen LogP contribution in [0.1, 0.15) is 23.1 Å². The van der Waals surface area contributed by atoms with E-state index < -0.39 is 0 Å². The van der Waals surface area contributed by atoms with Gasteiger partial charge in [-0.3, -0.25) is 10.2 Å². The Balaban J connectivity index is 1.51. The Labute approximate surface area is 153 Å². The largest absolute Gasteiger partial charge is 0.489 e. The normalized spacial score (nSPS) is 19.1. The molecule has 2 aromatic rings. The summed E-state index contributed by atoms with van der Waals surface area (Å²) < 4.78 is 5.93. The fourth-order valence-corrected chi connectivity index (χ4v) is 3.06. The number of amidine groups is 1. The van der Waals surface area contributed by atoms with E-state index in [9.17, 15) is 4.79 Å². The average molecular weight is 352 g/mol. The van der Waals surface area contributed by atoms with Crippen LogP contribution >= 0.6 is 0 Å². The summed E-state index contributed by atoms with van der Waals surface area (Å²) in [4.78, 5) is 12.4. The van der Waals surface area contributed by atoms with Crippen LogP contribution in [0.25, 0.3) is 0 Å². The second-order valence-corrected chi connectivity index (χ2v) is 6.58. The monoisotopic (exact) mass is 352 g/mol. The Morgan fingerprint density at radius 2 is 2.12 bits per heavy atom. The van der Waals surface area contributed by atoms with Gasteiger partial charge in [-0.15, -0.1) is 0 Å². The zero-order chi connectivity index (χ0) is 18.5. The molecule has 6 nitrogen and oxygen atoms in total. The van der Waals surface area contributed by atoms with Gasteiger partial charge in [-0.2, -0.15) is 0 Å². The number of carbonyl (C=O) groups is 1. The SMILES string of the molecule is Cc1cccc(CNC(=O)[C@@H]2C[C@@H](Oc3cccc(C(=N)N)c3)CN2)c1. The van der Waals surface area contributed by atoms with Crippen molar-refractivity contribution in [3.05, 3.63) is 65.2 Å². The van der Waals surface area contributed by atoms with Gasteiger partial charge in [0.2, 0.25) is 5.91 Å². The minimum Gasteiger partial charge on any atom is -0.489 e. The smallest absolute Gasteiger partial charge is 0.237 e. The maximum absolute atomic E-state index is 12.4. The van der Waals surface area contributed by atoms with E-state index >= 15 is 0 Å². The van der Waals surface area contributed by atoms with Gasteiger partial charge in [0, 0.05) is 25.1 Å². The van der Waals surface area contributed by atoms with Crippen molar-refractivity contribution in [1.82, 2.24) is 10.6 Å². The molecule has 1 aliphatic rings. The van der Waals surface area contributed by atoms with Gasteiger partial charge in [0.1, 0.15) is 17.7 Å². The number of rotatable bonds is 6. The van der Waals surface area contributed by atoms with E-state index in [0.717, 1.165) is 5.56 Å². The van der Waals surface area contributed by atoms with E-state index in [1.807, 2.05) is 31.2 Å². The lowest BCUT2D eigenvalue weighted by atomic mass is 10.1. The van der Waals surface area contributed by atoms with Crippen molar-refractivity contribution in [3.63, 3.8) is 0 Å². The quantitative estimate of drug-likeness (QED) is 0.470. The van der Waals surface area contributed by atoms with Crippen LogP contribution in [-0.2, 0) is 11.3 Å². The highest BCUT2D eigenvalue weighted by molar-refractivity contribution is 5.95. The number of ether oxygens (including phenoxy) is 1. The molecule has 2 atom stereocenters. The van der Waals surface area contributed by atoms with Crippen LogP contribution in [0.2, 0.25) is 0 Å². The number of nitrogens with two attached hydrogens (primary N) is 1. The molecule has 3 rings (SSSR count). The minimum absolute atomic E-state index is 0.00778. The highest BCUT2D eigenvalue weighted by atomic mass is 16.5.